The van der Waals surface area contributed by atoms with E-state index in [0.29, 0.717) is 6.29 Å². The average molecular weight is 176 g/mol. The Labute approximate surface area is 67.6 Å². The molecular weight excluding hydrogens is 169 g/mol. The van der Waals surface area contributed by atoms with Crippen LogP contribution in [0.1, 0.15) is 6.42 Å². The monoisotopic (exact) mass is 176 g/mol. The molecule has 0 aromatic heterocycles. The van der Waals surface area contributed by atoms with Crippen LogP contribution in [0.15, 0.2) is 23.8 Å². The summed E-state index contributed by atoms with van der Waals surface area (Å²) in [6, 6.07) is 0. The Kier molecular flexibility index (Phi) is 2.35. The molecule has 4 heteroatoms. The first-order valence-corrected chi connectivity index (χ1v) is 3.44. The van der Waals surface area contributed by atoms with Gasteiger partial charge >= 0.3 is 6.18 Å². The standard InChI is InChI=1S/C8H7F3O/c9-8(10,11)7-3-1-2-6(4-7)5-12/h1-3,5-6H,4H2. The highest BCUT2D eigenvalue weighted by atomic mass is 19.4. The number of aldehydes is 1. The van der Waals surface area contributed by atoms with Gasteiger partial charge in [-0.3, -0.25) is 0 Å². The third-order valence-electron chi connectivity index (χ3n) is 1.65. The largest absolute Gasteiger partial charge is 0.412 e. The van der Waals surface area contributed by atoms with Crippen LogP contribution in [-0.4, -0.2) is 12.5 Å². The molecule has 0 spiro atoms. The van der Waals surface area contributed by atoms with Gasteiger partial charge in [-0.15, -0.1) is 0 Å². The molecule has 0 saturated heterocycles. The second-order valence-electron chi connectivity index (χ2n) is 2.58. The molecule has 1 atom stereocenters. The maximum absolute atomic E-state index is 12.0. The SMILES string of the molecule is O=CC1C=CC=C(C(F)(F)F)C1. The fourth-order valence-electron chi connectivity index (χ4n) is 1.01. The summed E-state index contributed by atoms with van der Waals surface area (Å²) in [7, 11) is 0. The lowest BCUT2D eigenvalue weighted by molar-refractivity contribution is -0.111. The van der Waals surface area contributed by atoms with Crippen LogP contribution in [0.4, 0.5) is 13.2 Å². The highest BCUT2D eigenvalue weighted by molar-refractivity contribution is 5.58. The number of carbonyl (C=O) groups excluding carboxylic acids is 1. The van der Waals surface area contributed by atoms with Crippen molar-refractivity contribution in [1.82, 2.24) is 0 Å². The first-order chi connectivity index (χ1) is 5.54. The van der Waals surface area contributed by atoms with Gasteiger partial charge in [-0.05, 0) is 6.42 Å². The van der Waals surface area contributed by atoms with Gasteiger partial charge in [0, 0.05) is 11.5 Å². The van der Waals surface area contributed by atoms with Crippen LogP contribution in [0.25, 0.3) is 0 Å². The van der Waals surface area contributed by atoms with Gasteiger partial charge in [-0.2, -0.15) is 13.2 Å². The van der Waals surface area contributed by atoms with Crippen molar-refractivity contribution in [3.63, 3.8) is 0 Å². The van der Waals surface area contributed by atoms with Crippen LogP contribution in [0.5, 0.6) is 0 Å². The Morgan fingerprint density at radius 3 is 2.67 bits per heavy atom. The highest BCUT2D eigenvalue weighted by Crippen LogP contribution is 2.32. The Bertz CT molecular complexity index is 237. The van der Waals surface area contributed by atoms with Crippen molar-refractivity contribution in [3.8, 4) is 0 Å². The number of hydrogen-bond acceptors (Lipinski definition) is 1. The number of rotatable bonds is 1. The summed E-state index contributed by atoms with van der Waals surface area (Å²) in [4.78, 5) is 10.2. The maximum Gasteiger partial charge on any atom is 0.412 e. The van der Waals surface area contributed by atoms with Gasteiger partial charge in [0.05, 0.1) is 0 Å². The van der Waals surface area contributed by atoms with Gasteiger partial charge in [-0.25, -0.2) is 0 Å². The van der Waals surface area contributed by atoms with E-state index in [1.807, 2.05) is 0 Å². The molecular formula is C8H7F3O. The highest BCUT2D eigenvalue weighted by Gasteiger charge is 2.34. The predicted molar refractivity (Wildman–Crippen MR) is 37.4 cm³/mol. The number of alkyl halides is 3. The van der Waals surface area contributed by atoms with E-state index in [2.05, 4.69) is 0 Å². The Morgan fingerprint density at radius 1 is 1.50 bits per heavy atom. The molecule has 0 amide bonds. The minimum absolute atomic E-state index is 0.233. The van der Waals surface area contributed by atoms with E-state index in [1.165, 1.54) is 12.2 Å². The van der Waals surface area contributed by atoms with E-state index in [4.69, 9.17) is 0 Å². The average Bonchev–Trinajstić information content (AvgIpc) is 2.03. The first-order valence-electron chi connectivity index (χ1n) is 3.44. The van der Waals surface area contributed by atoms with Gasteiger partial charge in [0.2, 0.25) is 0 Å². The molecule has 1 aliphatic carbocycles. The van der Waals surface area contributed by atoms with Gasteiger partial charge in [0.25, 0.3) is 0 Å². The third-order valence-corrected chi connectivity index (χ3v) is 1.65. The Balaban J connectivity index is 2.76. The zero-order chi connectivity index (χ0) is 9.19. The number of halogens is 3. The molecule has 66 valence electrons. The quantitative estimate of drug-likeness (QED) is 0.560. The van der Waals surface area contributed by atoms with Crippen LogP contribution < -0.4 is 0 Å². The minimum atomic E-state index is -4.30. The lowest BCUT2D eigenvalue weighted by Gasteiger charge is -2.15. The van der Waals surface area contributed by atoms with Crippen molar-refractivity contribution >= 4 is 6.29 Å². The predicted octanol–water partition coefficient (Wildman–Crippen LogP) is 2.25. The summed E-state index contributed by atoms with van der Waals surface area (Å²) in [6.45, 7) is 0. The lowest BCUT2D eigenvalue weighted by Crippen LogP contribution is -2.17. The van der Waals surface area contributed by atoms with Crippen LogP contribution in [0, 0.1) is 5.92 Å². The van der Waals surface area contributed by atoms with Gasteiger partial charge < -0.3 is 4.79 Å². The zero-order valence-corrected chi connectivity index (χ0v) is 6.14. The zero-order valence-electron chi connectivity index (χ0n) is 6.14. The Morgan fingerprint density at radius 2 is 2.17 bits per heavy atom. The molecule has 0 aromatic carbocycles. The van der Waals surface area contributed by atoms with E-state index in [9.17, 15) is 18.0 Å². The number of hydrogen-bond donors (Lipinski definition) is 0. The molecule has 0 aliphatic heterocycles. The normalized spacial score (nSPS) is 23.6. The van der Waals surface area contributed by atoms with Crippen LogP contribution in [0.2, 0.25) is 0 Å². The van der Waals surface area contributed by atoms with Crippen LogP contribution in [0.3, 0.4) is 0 Å². The smallest absolute Gasteiger partial charge is 0.303 e. The molecule has 0 heterocycles. The minimum Gasteiger partial charge on any atom is -0.303 e. The fourth-order valence-corrected chi connectivity index (χ4v) is 1.01. The molecule has 1 aliphatic rings. The molecule has 1 rings (SSSR count). The molecule has 0 aromatic rings. The van der Waals surface area contributed by atoms with Gasteiger partial charge in [0.15, 0.2) is 0 Å². The third kappa shape index (κ3) is 1.96. The van der Waals surface area contributed by atoms with Crippen molar-refractivity contribution in [2.45, 2.75) is 12.6 Å². The fraction of sp³-hybridized carbons (Fsp3) is 0.375. The topological polar surface area (TPSA) is 17.1 Å². The lowest BCUT2D eigenvalue weighted by atomic mass is 9.95. The van der Waals surface area contributed by atoms with E-state index < -0.39 is 17.7 Å². The second kappa shape index (κ2) is 3.13. The summed E-state index contributed by atoms with van der Waals surface area (Å²) in [6.07, 6.45) is -0.279. The molecule has 0 fully saturated rings. The van der Waals surface area contributed by atoms with Gasteiger partial charge in [0.1, 0.15) is 6.29 Å². The molecule has 0 radical (unpaired) electrons. The van der Waals surface area contributed by atoms with Gasteiger partial charge in [-0.1, -0.05) is 18.2 Å². The molecule has 12 heavy (non-hydrogen) atoms. The molecule has 0 bridgehead atoms. The summed E-state index contributed by atoms with van der Waals surface area (Å²) < 4.78 is 36.1. The van der Waals surface area contributed by atoms with E-state index >= 15 is 0 Å². The second-order valence-corrected chi connectivity index (χ2v) is 2.58. The van der Waals surface area contributed by atoms with Crippen molar-refractivity contribution < 1.29 is 18.0 Å². The maximum atomic E-state index is 12.0. The molecule has 1 unspecified atom stereocenters. The van der Waals surface area contributed by atoms with Crippen molar-refractivity contribution in [2.75, 3.05) is 0 Å². The number of allylic oxidation sites excluding steroid dienone is 4. The summed E-state index contributed by atoms with van der Waals surface area (Å²) >= 11 is 0. The molecule has 0 N–H and O–H groups in total. The van der Waals surface area contributed by atoms with Crippen LogP contribution >= 0.6 is 0 Å². The molecule has 0 saturated carbocycles. The summed E-state index contributed by atoms with van der Waals surface area (Å²) in [5, 5.41) is 0. The van der Waals surface area contributed by atoms with Crippen LogP contribution in [-0.2, 0) is 4.79 Å². The van der Waals surface area contributed by atoms with Crippen molar-refractivity contribution in [2.24, 2.45) is 5.92 Å². The Hall–Kier alpha value is -1.06. The summed E-state index contributed by atoms with van der Waals surface area (Å²) in [5.74, 6) is -0.619. The molecule has 1 nitrogen and oxygen atoms in total. The van der Waals surface area contributed by atoms with E-state index in [-0.39, 0.29) is 6.42 Å². The first kappa shape index (κ1) is 9.03. The van der Waals surface area contributed by atoms with Crippen molar-refractivity contribution in [1.29, 1.82) is 0 Å². The number of carbonyl (C=O) groups is 1. The summed E-state index contributed by atoms with van der Waals surface area (Å²) in [5.41, 5.74) is -0.637. The van der Waals surface area contributed by atoms with E-state index in [0.717, 1.165) is 6.08 Å². The van der Waals surface area contributed by atoms with Crippen molar-refractivity contribution in [3.05, 3.63) is 23.8 Å². The van der Waals surface area contributed by atoms with E-state index in [1.54, 1.807) is 0 Å².